The van der Waals surface area contributed by atoms with Crippen molar-refractivity contribution in [1.29, 1.82) is 0 Å². The van der Waals surface area contributed by atoms with E-state index in [1.807, 2.05) is 25.5 Å². The summed E-state index contributed by atoms with van der Waals surface area (Å²) in [5.41, 5.74) is 2.21. The fourth-order valence-corrected chi connectivity index (χ4v) is 2.58. The van der Waals surface area contributed by atoms with Gasteiger partial charge in [-0.05, 0) is 24.1 Å². The Hall–Kier alpha value is -3.03. The highest BCUT2D eigenvalue weighted by Crippen LogP contribution is 2.40. The van der Waals surface area contributed by atoms with Crippen molar-refractivity contribution >= 4 is 5.91 Å². The molecule has 8 heteroatoms. The van der Waals surface area contributed by atoms with Crippen LogP contribution in [0, 0.1) is 0 Å². The Morgan fingerprint density at radius 2 is 2.26 bits per heavy atom. The molecular weight excluding hydrogens is 294 g/mol. The molecule has 1 amide bonds. The summed E-state index contributed by atoms with van der Waals surface area (Å²) in [6.45, 7) is 0. The van der Waals surface area contributed by atoms with Gasteiger partial charge in [0.15, 0.2) is 5.69 Å². The molecule has 1 fully saturated rings. The van der Waals surface area contributed by atoms with Crippen molar-refractivity contribution < 1.29 is 4.79 Å². The third-order valence-electron chi connectivity index (χ3n) is 3.90. The Morgan fingerprint density at radius 3 is 3.00 bits per heavy atom. The molecule has 8 nitrogen and oxygen atoms in total. The van der Waals surface area contributed by atoms with Crippen LogP contribution in [0.3, 0.4) is 0 Å². The summed E-state index contributed by atoms with van der Waals surface area (Å²) >= 11 is 0. The van der Waals surface area contributed by atoms with Gasteiger partial charge in [0.2, 0.25) is 0 Å². The summed E-state index contributed by atoms with van der Waals surface area (Å²) in [5, 5.41) is 15.0. The molecule has 3 heterocycles. The fourth-order valence-electron chi connectivity index (χ4n) is 2.58. The van der Waals surface area contributed by atoms with E-state index in [2.05, 4.69) is 25.7 Å². The van der Waals surface area contributed by atoms with Crippen molar-refractivity contribution in [3.8, 4) is 5.69 Å². The minimum atomic E-state index is -0.212. The first-order chi connectivity index (χ1) is 11.2. The number of amides is 1. The third kappa shape index (κ3) is 2.70. The highest BCUT2D eigenvalue weighted by atomic mass is 16.2. The Bertz CT molecular complexity index is 838. The van der Waals surface area contributed by atoms with Gasteiger partial charge in [0.05, 0.1) is 24.3 Å². The molecule has 2 atom stereocenters. The van der Waals surface area contributed by atoms with E-state index in [0.29, 0.717) is 11.6 Å². The highest BCUT2D eigenvalue weighted by molar-refractivity contribution is 5.92. The molecule has 1 N–H and O–H groups in total. The zero-order valence-electron chi connectivity index (χ0n) is 12.5. The normalized spacial score (nSPS) is 19.5. The van der Waals surface area contributed by atoms with Gasteiger partial charge in [-0.15, -0.1) is 5.10 Å². The van der Waals surface area contributed by atoms with Crippen LogP contribution >= 0.6 is 0 Å². The average Bonchev–Trinajstić information content (AvgIpc) is 2.99. The van der Waals surface area contributed by atoms with Crippen LogP contribution in [-0.4, -0.2) is 41.7 Å². The summed E-state index contributed by atoms with van der Waals surface area (Å²) in [6.07, 6.45) is 9.70. The number of rotatable bonds is 4. The lowest BCUT2D eigenvalue weighted by Gasteiger charge is -2.00. The number of aromatic nitrogens is 6. The molecule has 0 radical (unpaired) electrons. The monoisotopic (exact) mass is 309 g/mol. The average molecular weight is 309 g/mol. The molecule has 1 saturated carbocycles. The van der Waals surface area contributed by atoms with Crippen LogP contribution in [-0.2, 0) is 7.05 Å². The Balaban J connectivity index is 1.42. The number of aryl methyl sites for hydroxylation is 1. The van der Waals surface area contributed by atoms with E-state index in [1.54, 1.807) is 29.3 Å². The molecule has 0 saturated heterocycles. The first-order valence-electron chi connectivity index (χ1n) is 7.33. The van der Waals surface area contributed by atoms with E-state index in [1.165, 1.54) is 4.68 Å². The molecule has 1 aliphatic rings. The molecule has 3 aromatic rings. The van der Waals surface area contributed by atoms with Crippen molar-refractivity contribution in [2.45, 2.75) is 18.4 Å². The van der Waals surface area contributed by atoms with E-state index in [4.69, 9.17) is 0 Å². The van der Waals surface area contributed by atoms with Crippen LogP contribution in [0.2, 0.25) is 0 Å². The van der Waals surface area contributed by atoms with Crippen LogP contribution in [0.1, 0.15) is 28.4 Å². The van der Waals surface area contributed by atoms with Gasteiger partial charge in [-0.3, -0.25) is 14.5 Å². The molecule has 3 aromatic heterocycles. The zero-order valence-corrected chi connectivity index (χ0v) is 12.5. The van der Waals surface area contributed by atoms with Crippen LogP contribution < -0.4 is 5.32 Å². The summed E-state index contributed by atoms with van der Waals surface area (Å²) in [6, 6.07) is 3.79. The minimum absolute atomic E-state index is 0.134. The topological polar surface area (TPSA) is 90.5 Å². The quantitative estimate of drug-likeness (QED) is 0.765. The van der Waals surface area contributed by atoms with Crippen molar-refractivity contribution in [2.24, 2.45) is 7.05 Å². The van der Waals surface area contributed by atoms with Crippen molar-refractivity contribution in [2.75, 3.05) is 0 Å². The summed E-state index contributed by atoms with van der Waals surface area (Å²) in [7, 11) is 1.89. The molecule has 0 aromatic carbocycles. The molecule has 0 spiro atoms. The van der Waals surface area contributed by atoms with Gasteiger partial charge in [0.25, 0.3) is 5.91 Å². The highest BCUT2D eigenvalue weighted by Gasteiger charge is 2.40. The molecular formula is C15H15N7O. The predicted molar refractivity (Wildman–Crippen MR) is 81.0 cm³/mol. The second-order valence-corrected chi connectivity index (χ2v) is 5.63. The molecule has 0 unspecified atom stereocenters. The van der Waals surface area contributed by atoms with Gasteiger partial charge >= 0.3 is 0 Å². The molecule has 1 aliphatic carbocycles. The standard InChI is InChI=1S/C15H15N7O/c1-21-8-10(6-17-21)12-5-13(12)18-15(23)14-9-22(20-19-14)11-3-2-4-16-7-11/h2-4,6-9,12-13H,5H2,1H3,(H,18,23)/t12-,13+/m0/s1. The van der Waals surface area contributed by atoms with Crippen molar-refractivity contribution in [3.63, 3.8) is 0 Å². The second kappa shape index (κ2) is 5.31. The summed E-state index contributed by atoms with van der Waals surface area (Å²) in [5.74, 6) is 0.123. The van der Waals surface area contributed by atoms with Gasteiger partial charge < -0.3 is 5.32 Å². The van der Waals surface area contributed by atoms with Crippen LogP contribution in [0.4, 0.5) is 0 Å². The largest absolute Gasteiger partial charge is 0.347 e. The number of hydrogen-bond acceptors (Lipinski definition) is 5. The number of nitrogens with one attached hydrogen (secondary N) is 1. The molecule has 23 heavy (non-hydrogen) atoms. The molecule has 116 valence electrons. The first kappa shape index (κ1) is 13.6. The van der Waals surface area contributed by atoms with Gasteiger partial charge in [0, 0.05) is 31.4 Å². The van der Waals surface area contributed by atoms with Gasteiger partial charge in [0.1, 0.15) is 0 Å². The minimum Gasteiger partial charge on any atom is -0.347 e. The van der Waals surface area contributed by atoms with Crippen LogP contribution in [0.15, 0.2) is 43.1 Å². The van der Waals surface area contributed by atoms with E-state index in [-0.39, 0.29) is 11.9 Å². The van der Waals surface area contributed by atoms with Gasteiger partial charge in [-0.2, -0.15) is 5.10 Å². The second-order valence-electron chi connectivity index (χ2n) is 5.63. The lowest BCUT2D eigenvalue weighted by Crippen LogP contribution is -2.26. The zero-order chi connectivity index (χ0) is 15.8. The van der Waals surface area contributed by atoms with Crippen LogP contribution in [0.25, 0.3) is 5.69 Å². The fraction of sp³-hybridized carbons (Fsp3) is 0.267. The third-order valence-corrected chi connectivity index (χ3v) is 3.90. The van der Waals surface area contributed by atoms with Crippen molar-refractivity contribution in [1.82, 2.24) is 35.1 Å². The smallest absolute Gasteiger partial charge is 0.273 e. The van der Waals surface area contributed by atoms with Gasteiger partial charge in [-0.25, -0.2) is 4.68 Å². The predicted octanol–water partition coefficient (Wildman–Crippen LogP) is 0.682. The lowest BCUT2D eigenvalue weighted by molar-refractivity contribution is 0.0945. The van der Waals surface area contributed by atoms with E-state index < -0.39 is 0 Å². The Labute approximate surface area is 132 Å². The van der Waals surface area contributed by atoms with E-state index in [0.717, 1.165) is 17.7 Å². The van der Waals surface area contributed by atoms with Gasteiger partial charge in [-0.1, -0.05) is 5.21 Å². The SMILES string of the molecule is Cn1cc([C@@H]2C[C@H]2NC(=O)c2cn(-c3cccnc3)nn2)cn1. The Morgan fingerprint density at radius 1 is 1.35 bits per heavy atom. The number of carbonyl (C=O) groups excluding carboxylic acids is 1. The maximum absolute atomic E-state index is 12.3. The summed E-state index contributed by atoms with van der Waals surface area (Å²) < 4.78 is 3.30. The number of carbonyl (C=O) groups is 1. The van der Waals surface area contributed by atoms with E-state index in [9.17, 15) is 4.79 Å². The summed E-state index contributed by atoms with van der Waals surface area (Å²) in [4.78, 5) is 16.3. The first-order valence-corrected chi connectivity index (χ1v) is 7.33. The number of pyridine rings is 1. The molecule has 0 aliphatic heterocycles. The lowest BCUT2D eigenvalue weighted by atomic mass is 10.2. The van der Waals surface area contributed by atoms with Crippen molar-refractivity contribution in [3.05, 3.63) is 54.4 Å². The number of nitrogens with zero attached hydrogens (tertiary/aromatic N) is 6. The Kier molecular flexibility index (Phi) is 3.14. The number of hydrogen-bond donors (Lipinski definition) is 1. The molecule has 4 rings (SSSR count). The maximum atomic E-state index is 12.3. The van der Waals surface area contributed by atoms with Crippen LogP contribution in [0.5, 0.6) is 0 Å². The van der Waals surface area contributed by atoms with E-state index >= 15 is 0 Å². The maximum Gasteiger partial charge on any atom is 0.273 e. The molecule has 0 bridgehead atoms.